The minimum absolute atomic E-state index is 0.454. The molecule has 0 spiro atoms. The molecule has 3 aromatic rings. The van der Waals surface area contributed by atoms with E-state index >= 15 is 0 Å². The summed E-state index contributed by atoms with van der Waals surface area (Å²) in [6, 6.07) is 16.9. The van der Waals surface area contributed by atoms with Crippen LogP contribution in [-0.4, -0.2) is 18.9 Å². The molecule has 27 heavy (non-hydrogen) atoms. The molecule has 5 nitrogen and oxygen atoms in total. The van der Waals surface area contributed by atoms with Crippen molar-refractivity contribution in [3.8, 4) is 28.0 Å². The van der Waals surface area contributed by atoms with Crippen LogP contribution in [0.5, 0.6) is 5.75 Å². The van der Waals surface area contributed by atoms with Gasteiger partial charge in [-0.05, 0) is 76.2 Å². The van der Waals surface area contributed by atoms with Gasteiger partial charge >= 0.3 is 0 Å². The Labute approximate surface area is 156 Å². The van der Waals surface area contributed by atoms with Crippen LogP contribution >= 0.6 is 0 Å². The highest BCUT2D eigenvalue weighted by molar-refractivity contribution is 6.01. The zero-order valence-electron chi connectivity index (χ0n) is 14.8. The molecule has 0 bridgehead atoms. The fourth-order valence-electron chi connectivity index (χ4n) is 3.64. The minimum atomic E-state index is -0.473. The lowest BCUT2D eigenvalue weighted by atomic mass is 9.94. The van der Waals surface area contributed by atoms with Gasteiger partial charge in [-0.2, -0.15) is 0 Å². The number of amides is 2. The molecule has 134 valence electrons. The van der Waals surface area contributed by atoms with Crippen LogP contribution in [0.2, 0.25) is 0 Å². The van der Waals surface area contributed by atoms with E-state index in [2.05, 4.69) is 0 Å². The van der Waals surface area contributed by atoms with Crippen LogP contribution in [0.15, 0.2) is 54.6 Å². The molecule has 0 aliphatic heterocycles. The Morgan fingerprint density at radius 1 is 0.889 bits per heavy atom. The van der Waals surface area contributed by atoms with Crippen LogP contribution < -0.4 is 16.2 Å². The van der Waals surface area contributed by atoms with Crippen LogP contribution in [0, 0.1) is 0 Å². The van der Waals surface area contributed by atoms with E-state index in [-0.39, 0.29) is 0 Å². The molecule has 4 N–H and O–H groups in total. The van der Waals surface area contributed by atoms with Crippen LogP contribution in [0.3, 0.4) is 0 Å². The molecule has 0 heterocycles. The monoisotopic (exact) mass is 358 g/mol. The molecule has 0 fully saturated rings. The third-order valence-corrected chi connectivity index (χ3v) is 4.97. The predicted molar refractivity (Wildman–Crippen MR) is 104 cm³/mol. The summed E-state index contributed by atoms with van der Waals surface area (Å²) in [6.07, 6.45) is 0.544. The molecule has 0 aromatic heterocycles. The standard InChI is InChI=1S/C22H18N2O3/c1-27-16-4-2-3-12(8-16)14-9-18-17-6-5-13(21(23)25)7-15(17)11-19(18)20(10-14)22(24)26/h2-10H,11H2,1H3,(H2,23,25)(H2,24,26). The molecular formula is C22H18N2O3. The summed E-state index contributed by atoms with van der Waals surface area (Å²) in [5.74, 6) is -0.208. The topological polar surface area (TPSA) is 95.4 Å². The smallest absolute Gasteiger partial charge is 0.249 e. The van der Waals surface area contributed by atoms with Crippen molar-refractivity contribution in [1.82, 2.24) is 0 Å². The average Bonchev–Trinajstić information content (AvgIpc) is 3.04. The van der Waals surface area contributed by atoms with Gasteiger partial charge in [-0.25, -0.2) is 0 Å². The second-order valence-corrected chi connectivity index (χ2v) is 6.56. The van der Waals surface area contributed by atoms with Gasteiger partial charge < -0.3 is 16.2 Å². The number of methoxy groups -OCH3 is 1. The molecule has 1 aliphatic carbocycles. The molecular weight excluding hydrogens is 340 g/mol. The number of hydrogen-bond acceptors (Lipinski definition) is 3. The Morgan fingerprint density at radius 3 is 2.41 bits per heavy atom. The van der Waals surface area contributed by atoms with Crippen molar-refractivity contribution in [1.29, 1.82) is 0 Å². The zero-order valence-corrected chi connectivity index (χ0v) is 14.8. The van der Waals surface area contributed by atoms with Crippen LogP contribution in [-0.2, 0) is 6.42 Å². The minimum Gasteiger partial charge on any atom is -0.497 e. The van der Waals surface area contributed by atoms with Gasteiger partial charge in [0, 0.05) is 11.1 Å². The second kappa shape index (κ2) is 6.29. The number of hydrogen-bond donors (Lipinski definition) is 2. The Kier molecular flexibility index (Phi) is 3.92. The third kappa shape index (κ3) is 2.83. The number of carbonyl (C=O) groups excluding carboxylic acids is 2. The van der Waals surface area contributed by atoms with E-state index in [9.17, 15) is 9.59 Å². The van der Waals surface area contributed by atoms with Crippen LogP contribution in [0.25, 0.3) is 22.3 Å². The summed E-state index contributed by atoms with van der Waals surface area (Å²) in [6.45, 7) is 0. The van der Waals surface area contributed by atoms with E-state index in [4.69, 9.17) is 16.2 Å². The lowest BCUT2D eigenvalue weighted by molar-refractivity contribution is 0.0991. The molecule has 2 amide bonds. The Bertz CT molecular complexity index is 1100. The molecule has 1 aliphatic rings. The van der Waals surface area contributed by atoms with E-state index in [1.807, 2.05) is 42.5 Å². The van der Waals surface area contributed by atoms with E-state index in [1.54, 1.807) is 19.2 Å². The number of primary amides is 2. The Balaban J connectivity index is 1.91. The van der Waals surface area contributed by atoms with Crippen molar-refractivity contribution >= 4 is 11.8 Å². The first-order chi connectivity index (χ1) is 13.0. The zero-order chi connectivity index (χ0) is 19.1. The van der Waals surface area contributed by atoms with Gasteiger partial charge in [-0.3, -0.25) is 9.59 Å². The van der Waals surface area contributed by atoms with Crippen molar-refractivity contribution in [2.45, 2.75) is 6.42 Å². The van der Waals surface area contributed by atoms with E-state index in [1.165, 1.54) is 0 Å². The van der Waals surface area contributed by atoms with Gasteiger partial charge in [-0.15, -0.1) is 0 Å². The van der Waals surface area contributed by atoms with Gasteiger partial charge in [0.15, 0.2) is 0 Å². The summed E-state index contributed by atoms with van der Waals surface area (Å²) in [5.41, 5.74) is 17.6. The molecule has 3 aromatic carbocycles. The maximum Gasteiger partial charge on any atom is 0.249 e. The van der Waals surface area contributed by atoms with Gasteiger partial charge in [0.1, 0.15) is 5.75 Å². The van der Waals surface area contributed by atoms with Crippen molar-refractivity contribution < 1.29 is 14.3 Å². The SMILES string of the molecule is COc1cccc(-c2cc(C(N)=O)c3c(c2)-c2ccc(C(N)=O)cc2C3)c1. The largest absolute Gasteiger partial charge is 0.497 e. The maximum absolute atomic E-state index is 12.1. The highest BCUT2D eigenvalue weighted by Crippen LogP contribution is 2.41. The molecule has 0 atom stereocenters. The average molecular weight is 358 g/mol. The summed E-state index contributed by atoms with van der Waals surface area (Å²) in [7, 11) is 1.61. The number of carbonyl (C=O) groups is 2. The van der Waals surface area contributed by atoms with E-state index in [0.29, 0.717) is 17.5 Å². The molecule has 0 radical (unpaired) electrons. The first-order valence-electron chi connectivity index (χ1n) is 8.52. The lowest BCUT2D eigenvalue weighted by Gasteiger charge is -2.11. The molecule has 0 unspecified atom stereocenters. The number of benzene rings is 3. The van der Waals surface area contributed by atoms with E-state index in [0.717, 1.165) is 39.1 Å². The normalized spacial score (nSPS) is 11.6. The Hall–Kier alpha value is -3.60. The highest BCUT2D eigenvalue weighted by atomic mass is 16.5. The number of ether oxygens (including phenoxy) is 1. The summed E-state index contributed by atoms with van der Waals surface area (Å²) in [5, 5.41) is 0. The lowest BCUT2D eigenvalue weighted by Crippen LogP contribution is -2.14. The number of rotatable bonds is 4. The predicted octanol–water partition coefficient (Wildman–Crippen LogP) is 3.13. The van der Waals surface area contributed by atoms with Crippen LogP contribution in [0.1, 0.15) is 31.8 Å². The first-order valence-corrected chi connectivity index (χ1v) is 8.52. The van der Waals surface area contributed by atoms with Crippen molar-refractivity contribution in [2.24, 2.45) is 11.5 Å². The second-order valence-electron chi connectivity index (χ2n) is 6.56. The quantitative estimate of drug-likeness (QED) is 0.587. The summed E-state index contributed by atoms with van der Waals surface area (Å²) >= 11 is 0. The summed E-state index contributed by atoms with van der Waals surface area (Å²) < 4.78 is 5.30. The Morgan fingerprint density at radius 2 is 1.70 bits per heavy atom. The number of nitrogens with two attached hydrogens (primary N) is 2. The molecule has 0 saturated carbocycles. The van der Waals surface area contributed by atoms with Crippen molar-refractivity contribution in [2.75, 3.05) is 7.11 Å². The number of fused-ring (bicyclic) bond motifs is 3. The van der Waals surface area contributed by atoms with Gasteiger partial charge in [-0.1, -0.05) is 18.2 Å². The fourth-order valence-corrected chi connectivity index (χ4v) is 3.64. The van der Waals surface area contributed by atoms with Crippen molar-refractivity contribution in [3.05, 3.63) is 76.9 Å². The highest BCUT2D eigenvalue weighted by Gasteiger charge is 2.25. The molecule has 4 rings (SSSR count). The first kappa shape index (κ1) is 16.8. The van der Waals surface area contributed by atoms with Gasteiger partial charge in [0.25, 0.3) is 0 Å². The molecule has 5 heteroatoms. The molecule has 0 saturated heterocycles. The van der Waals surface area contributed by atoms with Crippen molar-refractivity contribution in [3.63, 3.8) is 0 Å². The van der Waals surface area contributed by atoms with Gasteiger partial charge in [0.05, 0.1) is 7.11 Å². The van der Waals surface area contributed by atoms with Gasteiger partial charge in [0.2, 0.25) is 11.8 Å². The van der Waals surface area contributed by atoms with Crippen LogP contribution in [0.4, 0.5) is 0 Å². The van der Waals surface area contributed by atoms with E-state index < -0.39 is 11.8 Å². The maximum atomic E-state index is 12.1. The summed E-state index contributed by atoms with van der Waals surface area (Å²) in [4.78, 5) is 23.6. The fraction of sp³-hybridized carbons (Fsp3) is 0.0909. The third-order valence-electron chi connectivity index (χ3n) is 4.97.